The van der Waals surface area contributed by atoms with E-state index in [0.717, 1.165) is 0 Å². The van der Waals surface area contributed by atoms with Crippen LogP contribution in [0.3, 0.4) is 0 Å². The van der Waals surface area contributed by atoms with Gasteiger partial charge in [-0.1, -0.05) is 26.8 Å². The van der Waals surface area contributed by atoms with Crippen molar-refractivity contribution in [2.75, 3.05) is 6.54 Å². The summed E-state index contributed by atoms with van der Waals surface area (Å²) in [4.78, 5) is 0. The number of rotatable bonds is 2. The van der Waals surface area contributed by atoms with E-state index in [1.165, 1.54) is 18.2 Å². The summed E-state index contributed by atoms with van der Waals surface area (Å²) in [6.07, 6.45) is 0. The average molecular weight is 227 g/mol. The average Bonchev–Trinajstić information content (AvgIpc) is 2.19. The predicted octanol–water partition coefficient (Wildman–Crippen LogP) is 3.30. The van der Waals surface area contributed by atoms with Crippen molar-refractivity contribution in [1.82, 2.24) is 0 Å². The van der Waals surface area contributed by atoms with Crippen molar-refractivity contribution >= 4 is 0 Å². The summed E-state index contributed by atoms with van der Waals surface area (Å²) in [6.45, 7) is 6.88. The SMILES string of the molecule is Cc1cc(C(F)(CN)C(C)(C)C)ccc1F. The molecule has 1 aromatic carbocycles. The Morgan fingerprint density at radius 1 is 1.25 bits per heavy atom. The van der Waals surface area contributed by atoms with Crippen molar-refractivity contribution in [2.45, 2.75) is 33.4 Å². The van der Waals surface area contributed by atoms with Gasteiger partial charge in [-0.2, -0.15) is 0 Å². The van der Waals surface area contributed by atoms with E-state index in [1.54, 1.807) is 27.7 Å². The predicted molar refractivity (Wildman–Crippen MR) is 62.4 cm³/mol. The third kappa shape index (κ3) is 2.09. The number of halogens is 2. The Labute approximate surface area is 95.7 Å². The van der Waals surface area contributed by atoms with Crippen LogP contribution in [0.1, 0.15) is 31.9 Å². The fourth-order valence-electron chi connectivity index (χ4n) is 1.75. The van der Waals surface area contributed by atoms with Gasteiger partial charge in [0.2, 0.25) is 0 Å². The number of nitrogens with two attached hydrogens (primary N) is 1. The lowest BCUT2D eigenvalue weighted by atomic mass is 9.73. The molecule has 1 nitrogen and oxygen atoms in total. The highest BCUT2D eigenvalue weighted by Crippen LogP contribution is 2.42. The second-order valence-electron chi connectivity index (χ2n) is 5.22. The van der Waals surface area contributed by atoms with E-state index >= 15 is 0 Å². The maximum Gasteiger partial charge on any atom is 0.152 e. The summed E-state index contributed by atoms with van der Waals surface area (Å²) in [5.74, 6) is -0.322. The lowest BCUT2D eigenvalue weighted by Crippen LogP contribution is -2.42. The molecule has 1 unspecified atom stereocenters. The van der Waals surface area contributed by atoms with Crippen molar-refractivity contribution in [3.8, 4) is 0 Å². The van der Waals surface area contributed by atoms with Gasteiger partial charge >= 0.3 is 0 Å². The first-order valence-electron chi connectivity index (χ1n) is 5.38. The van der Waals surface area contributed by atoms with Crippen LogP contribution >= 0.6 is 0 Å². The number of hydrogen-bond donors (Lipinski definition) is 1. The lowest BCUT2D eigenvalue weighted by molar-refractivity contribution is 0.0342. The van der Waals surface area contributed by atoms with Gasteiger partial charge in [0.05, 0.1) is 0 Å². The molecule has 0 radical (unpaired) electrons. The number of hydrogen-bond acceptors (Lipinski definition) is 1. The van der Waals surface area contributed by atoms with Gasteiger partial charge in [-0.15, -0.1) is 0 Å². The molecule has 1 aromatic rings. The van der Waals surface area contributed by atoms with Crippen molar-refractivity contribution < 1.29 is 8.78 Å². The molecule has 90 valence electrons. The van der Waals surface area contributed by atoms with Crippen LogP contribution in [0.4, 0.5) is 8.78 Å². The van der Waals surface area contributed by atoms with Crippen LogP contribution in [0, 0.1) is 18.2 Å². The molecule has 0 fully saturated rings. The molecule has 16 heavy (non-hydrogen) atoms. The summed E-state index contributed by atoms with van der Waals surface area (Å²) in [5.41, 5.74) is 4.18. The summed E-state index contributed by atoms with van der Waals surface area (Å²) in [5, 5.41) is 0. The Kier molecular flexibility index (Phi) is 3.38. The van der Waals surface area contributed by atoms with Crippen LogP contribution in [-0.2, 0) is 5.67 Å². The summed E-state index contributed by atoms with van der Waals surface area (Å²) in [6, 6.07) is 4.30. The maximum atomic E-state index is 14.8. The van der Waals surface area contributed by atoms with E-state index in [0.29, 0.717) is 11.1 Å². The van der Waals surface area contributed by atoms with Crippen LogP contribution in [-0.4, -0.2) is 6.54 Å². The fourth-order valence-corrected chi connectivity index (χ4v) is 1.75. The maximum absolute atomic E-state index is 14.8. The third-order valence-corrected chi connectivity index (χ3v) is 3.09. The Bertz CT molecular complexity index is 382. The lowest BCUT2D eigenvalue weighted by Gasteiger charge is -2.37. The van der Waals surface area contributed by atoms with Gasteiger partial charge in [0, 0.05) is 12.0 Å². The van der Waals surface area contributed by atoms with E-state index < -0.39 is 11.1 Å². The minimum Gasteiger partial charge on any atom is -0.327 e. The standard InChI is InChI=1S/C13H19F2N/c1-9-7-10(5-6-11(9)14)13(15,8-16)12(2,3)4/h5-7H,8,16H2,1-4H3. The van der Waals surface area contributed by atoms with Gasteiger partial charge in [0.25, 0.3) is 0 Å². The van der Waals surface area contributed by atoms with Gasteiger partial charge < -0.3 is 5.73 Å². The largest absolute Gasteiger partial charge is 0.327 e. The molecule has 0 saturated heterocycles. The van der Waals surface area contributed by atoms with Crippen LogP contribution in [0.2, 0.25) is 0 Å². The van der Waals surface area contributed by atoms with Gasteiger partial charge in [-0.25, -0.2) is 8.78 Å². The zero-order valence-corrected chi connectivity index (χ0v) is 10.3. The van der Waals surface area contributed by atoms with Gasteiger partial charge in [0.15, 0.2) is 5.67 Å². The summed E-state index contributed by atoms with van der Waals surface area (Å²) >= 11 is 0. The minimum atomic E-state index is -1.63. The normalized spacial score (nSPS) is 15.9. The van der Waals surface area contributed by atoms with E-state index in [1.807, 2.05) is 0 Å². The smallest absolute Gasteiger partial charge is 0.152 e. The molecule has 0 amide bonds. The second kappa shape index (κ2) is 4.13. The third-order valence-electron chi connectivity index (χ3n) is 3.09. The highest BCUT2D eigenvalue weighted by molar-refractivity contribution is 5.30. The summed E-state index contributed by atoms with van der Waals surface area (Å²) in [7, 11) is 0. The summed E-state index contributed by atoms with van der Waals surface area (Å²) < 4.78 is 28.0. The molecular weight excluding hydrogens is 208 g/mol. The second-order valence-corrected chi connectivity index (χ2v) is 5.22. The van der Waals surface area contributed by atoms with Crippen molar-refractivity contribution in [3.63, 3.8) is 0 Å². The Morgan fingerprint density at radius 2 is 1.81 bits per heavy atom. The molecule has 1 atom stereocenters. The monoisotopic (exact) mass is 227 g/mol. The minimum absolute atomic E-state index is 0.110. The molecule has 0 spiro atoms. The van der Waals surface area contributed by atoms with E-state index in [4.69, 9.17) is 5.73 Å². The van der Waals surface area contributed by atoms with Crippen molar-refractivity contribution in [1.29, 1.82) is 0 Å². The topological polar surface area (TPSA) is 26.0 Å². The Hall–Kier alpha value is -0.960. The van der Waals surface area contributed by atoms with Gasteiger partial charge in [0.1, 0.15) is 5.82 Å². The molecule has 0 saturated carbocycles. The molecule has 0 heterocycles. The molecule has 0 aliphatic heterocycles. The zero-order valence-electron chi connectivity index (χ0n) is 10.3. The molecule has 2 N–H and O–H groups in total. The first kappa shape index (κ1) is 13.1. The fraction of sp³-hybridized carbons (Fsp3) is 0.538. The number of benzene rings is 1. The van der Waals surface area contributed by atoms with Crippen LogP contribution in [0.25, 0.3) is 0 Å². The molecule has 3 heteroatoms. The number of alkyl halides is 1. The quantitative estimate of drug-likeness (QED) is 0.824. The van der Waals surface area contributed by atoms with E-state index in [-0.39, 0.29) is 12.4 Å². The molecule has 0 bridgehead atoms. The van der Waals surface area contributed by atoms with Gasteiger partial charge in [-0.05, 0) is 30.2 Å². The number of aryl methyl sites for hydroxylation is 1. The van der Waals surface area contributed by atoms with Gasteiger partial charge in [-0.3, -0.25) is 0 Å². The first-order valence-corrected chi connectivity index (χ1v) is 5.38. The Morgan fingerprint density at radius 3 is 2.19 bits per heavy atom. The van der Waals surface area contributed by atoms with Crippen molar-refractivity contribution in [3.05, 3.63) is 35.1 Å². The van der Waals surface area contributed by atoms with E-state index in [9.17, 15) is 8.78 Å². The molecule has 0 aliphatic rings. The van der Waals surface area contributed by atoms with Crippen LogP contribution < -0.4 is 5.73 Å². The van der Waals surface area contributed by atoms with Crippen molar-refractivity contribution in [2.24, 2.45) is 11.1 Å². The molecule has 0 aliphatic carbocycles. The highest BCUT2D eigenvalue weighted by atomic mass is 19.1. The zero-order chi connectivity index (χ0) is 12.6. The molecule has 0 aromatic heterocycles. The molecular formula is C13H19F2N. The van der Waals surface area contributed by atoms with E-state index in [2.05, 4.69) is 0 Å². The highest BCUT2D eigenvalue weighted by Gasteiger charge is 2.42. The Balaban J connectivity index is 3.29. The van der Waals surface area contributed by atoms with Crippen LogP contribution in [0.5, 0.6) is 0 Å². The van der Waals surface area contributed by atoms with Crippen LogP contribution in [0.15, 0.2) is 18.2 Å². The first-order chi connectivity index (χ1) is 7.22. The molecule has 1 rings (SSSR count).